The maximum absolute atomic E-state index is 4.41. The van der Waals surface area contributed by atoms with Crippen LogP contribution in [0.4, 0.5) is 5.69 Å². The van der Waals surface area contributed by atoms with E-state index < -0.39 is 0 Å². The molecule has 0 spiro atoms. The number of halogens is 1. The van der Waals surface area contributed by atoms with E-state index in [1.807, 2.05) is 0 Å². The molecule has 3 rings (SSSR count). The first-order valence-corrected chi connectivity index (χ1v) is 11.8. The number of quaternary nitrogens is 1. The predicted octanol–water partition coefficient (Wildman–Crippen LogP) is -1.19. The van der Waals surface area contributed by atoms with Gasteiger partial charge in [-0.2, -0.15) is 0 Å². The number of rotatable bonds is 10. The van der Waals surface area contributed by atoms with Crippen LogP contribution in [0.5, 0.6) is 0 Å². The molecule has 0 aliphatic carbocycles. The van der Waals surface area contributed by atoms with E-state index >= 15 is 0 Å². The zero-order valence-electron chi connectivity index (χ0n) is 18.9. The standard InChI is InChI=1S/C24H34N5S.HI/c1-27(2)15-4-16-28(3)23-9-7-21(8-10-23)5-6-22-11-17-29(18-12-22)19-20-30-24-25-13-14-26-24;/h5-12,17-18H,4,13-16,19-20H2,1-3H3,(H,25,26);1H/q+1;. The molecular formula is C24H35IN5S+. The summed E-state index contributed by atoms with van der Waals surface area (Å²) in [6, 6.07) is 13.1. The minimum Gasteiger partial charge on any atom is -1.00 e. The number of thioether (sulfide) groups is 1. The Bertz CT molecular complexity index is 834. The first-order chi connectivity index (χ1) is 14.6. The van der Waals surface area contributed by atoms with Crippen molar-refractivity contribution in [1.29, 1.82) is 0 Å². The van der Waals surface area contributed by atoms with Crippen molar-refractivity contribution in [1.82, 2.24) is 5.32 Å². The van der Waals surface area contributed by atoms with Crippen LogP contribution < -0.4 is 43.7 Å². The average Bonchev–Trinajstić information content (AvgIpc) is 3.27. The van der Waals surface area contributed by atoms with Crippen LogP contribution in [0.2, 0.25) is 0 Å². The number of aryl methyl sites for hydroxylation is 1. The minimum atomic E-state index is 0. The molecule has 0 radical (unpaired) electrons. The van der Waals surface area contributed by atoms with E-state index in [1.165, 1.54) is 34.7 Å². The lowest BCUT2D eigenvalue weighted by Gasteiger charge is -2.19. The molecule has 7 heteroatoms. The fourth-order valence-corrected chi connectivity index (χ4v) is 4.16. The maximum Gasteiger partial charge on any atom is 0.169 e. The summed E-state index contributed by atoms with van der Waals surface area (Å²) in [6.45, 7) is 5.17. The van der Waals surface area contributed by atoms with Crippen LogP contribution in [0.3, 0.4) is 0 Å². The van der Waals surface area contributed by atoms with Crippen molar-refractivity contribution >= 4 is 34.8 Å². The third kappa shape index (κ3) is 9.21. The van der Waals surface area contributed by atoms with Crippen molar-refractivity contribution in [3.63, 3.8) is 0 Å². The van der Waals surface area contributed by atoms with Crippen molar-refractivity contribution in [2.24, 2.45) is 4.99 Å². The Hall–Kier alpha value is -1.58. The Labute approximate surface area is 208 Å². The zero-order chi connectivity index (χ0) is 21.2. The number of hydrogen-bond acceptors (Lipinski definition) is 4. The molecular weight excluding hydrogens is 517 g/mol. The minimum absolute atomic E-state index is 0. The molecule has 0 bridgehead atoms. The molecule has 2 aromatic rings. The second-order valence-electron chi connectivity index (χ2n) is 7.99. The highest BCUT2D eigenvalue weighted by Crippen LogP contribution is 2.16. The highest BCUT2D eigenvalue weighted by atomic mass is 127. The molecule has 0 fully saturated rings. The van der Waals surface area contributed by atoms with Gasteiger partial charge >= 0.3 is 0 Å². The lowest BCUT2D eigenvalue weighted by molar-refractivity contribution is -0.858. The zero-order valence-corrected chi connectivity index (χ0v) is 21.8. The van der Waals surface area contributed by atoms with Gasteiger partial charge in [0.2, 0.25) is 0 Å². The summed E-state index contributed by atoms with van der Waals surface area (Å²) >= 11 is 1.80. The van der Waals surface area contributed by atoms with Gasteiger partial charge in [0.05, 0.1) is 32.9 Å². The van der Waals surface area contributed by atoms with Gasteiger partial charge < -0.3 is 39.1 Å². The first kappa shape index (κ1) is 25.7. The summed E-state index contributed by atoms with van der Waals surface area (Å²) in [5.74, 6) is 1.03. The monoisotopic (exact) mass is 552 g/mol. The number of hydrogen-bond donors (Lipinski definition) is 2. The average molecular weight is 553 g/mol. The SMILES string of the molecule is CN(CCC[NH+](C)C)c1ccc(/C=C/c2cc[n+](CCSC3=NCCN3)cc2)cc1.[I-]. The van der Waals surface area contributed by atoms with Crippen LogP contribution in [-0.4, -0.2) is 58.2 Å². The van der Waals surface area contributed by atoms with E-state index in [0.717, 1.165) is 37.1 Å². The van der Waals surface area contributed by atoms with Gasteiger partial charge in [-0.25, -0.2) is 4.57 Å². The number of benzene rings is 1. The van der Waals surface area contributed by atoms with Crippen molar-refractivity contribution < 1.29 is 33.4 Å². The van der Waals surface area contributed by atoms with Crippen LogP contribution in [0.25, 0.3) is 12.2 Å². The van der Waals surface area contributed by atoms with Crippen molar-refractivity contribution in [3.8, 4) is 0 Å². The van der Waals surface area contributed by atoms with E-state index in [1.54, 1.807) is 11.8 Å². The normalized spacial score (nSPS) is 13.2. The van der Waals surface area contributed by atoms with Gasteiger partial charge in [0, 0.05) is 44.4 Å². The molecule has 5 nitrogen and oxygen atoms in total. The summed E-state index contributed by atoms with van der Waals surface area (Å²) < 4.78 is 2.22. The van der Waals surface area contributed by atoms with Gasteiger partial charge in [0.1, 0.15) is 0 Å². The highest BCUT2D eigenvalue weighted by molar-refractivity contribution is 8.13. The number of amidine groups is 1. The second-order valence-corrected chi connectivity index (χ2v) is 9.07. The number of anilines is 1. The van der Waals surface area contributed by atoms with E-state index in [4.69, 9.17) is 0 Å². The number of pyridine rings is 1. The number of nitrogens with one attached hydrogen (secondary N) is 2. The summed E-state index contributed by atoms with van der Waals surface area (Å²) in [5.41, 5.74) is 3.72. The molecule has 0 saturated heterocycles. The van der Waals surface area contributed by atoms with Gasteiger partial charge in [0.15, 0.2) is 24.1 Å². The molecule has 0 atom stereocenters. The van der Waals surface area contributed by atoms with Crippen molar-refractivity contribution in [2.45, 2.75) is 13.0 Å². The molecule has 1 aromatic heterocycles. The van der Waals surface area contributed by atoms with Crippen LogP contribution in [-0.2, 0) is 6.54 Å². The topological polar surface area (TPSA) is 36.0 Å². The quantitative estimate of drug-likeness (QED) is 0.288. The molecule has 0 amide bonds. The third-order valence-electron chi connectivity index (χ3n) is 5.12. The summed E-state index contributed by atoms with van der Waals surface area (Å²) in [7, 11) is 6.58. The van der Waals surface area contributed by atoms with E-state index in [2.05, 4.69) is 102 Å². The van der Waals surface area contributed by atoms with E-state index in [9.17, 15) is 0 Å². The Kier molecular flexibility index (Phi) is 11.4. The molecule has 168 valence electrons. The van der Waals surface area contributed by atoms with E-state index in [-0.39, 0.29) is 24.0 Å². The third-order valence-corrected chi connectivity index (χ3v) is 6.05. The number of aliphatic imine (C=N–C) groups is 1. The van der Waals surface area contributed by atoms with Gasteiger partial charge in [-0.15, -0.1) is 0 Å². The van der Waals surface area contributed by atoms with Crippen LogP contribution in [0, 0.1) is 0 Å². The lowest BCUT2D eigenvalue weighted by Crippen LogP contribution is -3.05. The predicted molar refractivity (Wildman–Crippen MR) is 130 cm³/mol. The van der Waals surface area contributed by atoms with Crippen LogP contribution in [0.15, 0.2) is 53.8 Å². The van der Waals surface area contributed by atoms with Gasteiger partial charge in [-0.1, -0.05) is 36.0 Å². The lowest BCUT2D eigenvalue weighted by atomic mass is 10.1. The Morgan fingerprint density at radius 2 is 1.77 bits per heavy atom. The number of aromatic nitrogens is 1. The molecule has 1 aliphatic heterocycles. The van der Waals surface area contributed by atoms with Gasteiger partial charge in [-0.3, -0.25) is 4.99 Å². The Balaban J connectivity index is 0.00000341. The van der Waals surface area contributed by atoms with Crippen LogP contribution >= 0.6 is 11.8 Å². The smallest absolute Gasteiger partial charge is 0.169 e. The Morgan fingerprint density at radius 3 is 2.39 bits per heavy atom. The fraction of sp³-hybridized carbons (Fsp3) is 0.417. The molecule has 0 saturated carbocycles. The fourth-order valence-electron chi connectivity index (χ4n) is 3.28. The molecule has 0 unspecified atom stereocenters. The largest absolute Gasteiger partial charge is 1.00 e. The molecule has 1 aromatic carbocycles. The first-order valence-electron chi connectivity index (χ1n) is 10.8. The van der Waals surface area contributed by atoms with Crippen molar-refractivity contribution in [3.05, 3.63) is 59.9 Å². The summed E-state index contributed by atoms with van der Waals surface area (Å²) in [5, 5.41) is 4.38. The Morgan fingerprint density at radius 1 is 1.10 bits per heavy atom. The molecule has 1 aliphatic rings. The van der Waals surface area contributed by atoms with Gasteiger partial charge in [0.25, 0.3) is 0 Å². The summed E-state index contributed by atoms with van der Waals surface area (Å²) in [4.78, 5) is 8.25. The molecule has 31 heavy (non-hydrogen) atoms. The second kappa shape index (κ2) is 13.8. The maximum atomic E-state index is 4.41. The van der Waals surface area contributed by atoms with E-state index in [0.29, 0.717) is 0 Å². The summed E-state index contributed by atoms with van der Waals surface area (Å²) in [6.07, 6.45) is 9.86. The highest BCUT2D eigenvalue weighted by Gasteiger charge is 2.07. The van der Waals surface area contributed by atoms with Crippen molar-refractivity contribution in [2.75, 3.05) is 58.0 Å². The van der Waals surface area contributed by atoms with Crippen LogP contribution in [0.1, 0.15) is 17.5 Å². The number of nitrogens with zero attached hydrogens (tertiary/aromatic N) is 3. The molecule has 2 heterocycles. The van der Waals surface area contributed by atoms with Gasteiger partial charge in [-0.05, 0) is 23.3 Å². The molecule has 2 N–H and O–H groups in total.